The lowest BCUT2D eigenvalue weighted by molar-refractivity contribution is 0.104. The number of allylic oxidation sites excluding steroid dienone is 3. The van der Waals surface area contributed by atoms with Crippen molar-refractivity contribution in [3.63, 3.8) is 0 Å². The molecule has 0 bridgehead atoms. The van der Waals surface area contributed by atoms with Crippen molar-refractivity contribution in [2.45, 2.75) is 22.1 Å². The van der Waals surface area contributed by atoms with Gasteiger partial charge in [0.25, 0.3) is 0 Å². The molecule has 0 saturated heterocycles. The van der Waals surface area contributed by atoms with E-state index in [4.69, 9.17) is 0 Å². The maximum absolute atomic E-state index is 12.6. The number of carbonyl (C=O) groups is 1. The molecule has 2 aliphatic heterocycles. The minimum Gasteiger partial charge on any atom is -0.357 e. The van der Waals surface area contributed by atoms with E-state index < -0.39 is 21.5 Å². The van der Waals surface area contributed by atoms with E-state index in [1.54, 1.807) is 30.0 Å². The van der Waals surface area contributed by atoms with Gasteiger partial charge in [0.2, 0.25) is 15.6 Å². The normalized spacial score (nSPS) is 21.9. The number of hydrogen-bond donors (Lipinski definition) is 0. The number of thioether (sulfide) groups is 1. The highest BCUT2D eigenvalue weighted by Gasteiger charge is 2.38. The second kappa shape index (κ2) is 7.54. The van der Waals surface area contributed by atoms with E-state index in [-0.39, 0.29) is 20.7 Å². The van der Waals surface area contributed by atoms with E-state index in [1.165, 1.54) is 24.3 Å². The Morgan fingerprint density at radius 3 is 2.66 bits per heavy atom. The lowest BCUT2D eigenvalue weighted by atomic mass is 10.1. The molecular formula is C22H18N2O3S2. The molecule has 0 aromatic heterocycles. The number of benzene rings is 2. The Bertz CT molecular complexity index is 1190. The van der Waals surface area contributed by atoms with E-state index in [9.17, 15) is 18.5 Å². The van der Waals surface area contributed by atoms with Crippen LogP contribution in [0, 0.1) is 17.2 Å². The Kier molecular flexibility index (Phi) is 5.07. The molecule has 2 aliphatic rings. The van der Waals surface area contributed by atoms with Crippen molar-refractivity contribution in [2.24, 2.45) is 5.92 Å². The number of hydrogen-bond acceptors (Lipinski definition) is 6. The summed E-state index contributed by atoms with van der Waals surface area (Å²) >= 11 is 1.62. The molecule has 0 N–H and O–H groups in total. The summed E-state index contributed by atoms with van der Waals surface area (Å²) in [6, 6.07) is 16.5. The van der Waals surface area contributed by atoms with Gasteiger partial charge in [-0.3, -0.25) is 4.79 Å². The molecule has 2 heterocycles. The largest absolute Gasteiger partial charge is 0.357 e. The lowest BCUT2D eigenvalue weighted by Crippen LogP contribution is -2.33. The van der Waals surface area contributed by atoms with Crippen molar-refractivity contribution in [3.8, 4) is 6.07 Å². The minimum absolute atomic E-state index is 0.0421. The predicted octanol–water partition coefficient (Wildman–Crippen LogP) is 4.19. The Morgan fingerprint density at radius 2 is 1.93 bits per heavy atom. The number of nitrogens with zero attached hydrogens (tertiary/aromatic N) is 2. The summed E-state index contributed by atoms with van der Waals surface area (Å²) in [5, 5.41) is 9.61. The van der Waals surface area contributed by atoms with Gasteiger partial charge >= 0.3 is 0 Å². The van der Waals surface area contributed by atoms with Gasteiger partial charge in [-0.15, -0.1) is 0 Å². The van der Waals surface area contributed by atoms with E-state index in [0.29, 0.717) is 0 Å². The number of nitriles is 1. The van der Waals surface area contributed by atoms with Crippen molar-refractivity contribution >= 4 is 33.1 Å². The molecule has 0 amide bonds. The van der Waals surface area contributed by atoms with Gasteiger partial charge in [-0.25, -0.2) is 8.42 Å². The fourth-order valence-electron chi connectivity index (χ4n) is 3.63. The zero-order valence-corrected chi connectivity index (χ0v) is 17.3. The lowest BCUT2D eigenvalue weighted by Gasteiger charge is -2.26. The molecule has 7 heteroatoms. The van der Waals surface area contributed by atoms with Crippen molar-refractivity contribution in [2.75, 3.05) is 11.4 Å². The zero-order chi connectivity index (χ0) is 20.6. The smallest absolute Gasteiger partial charge is 0.211 e. The van der Waals surface area contributed by atoms with Crippen LogP contribution in [-0.2, 0) is 9.84 Å². The molecule has 2 aromatic rings. The molecule has 0 radical (unpaired) electrons. The van der Waals surface area contributed by atoms with Gasteiger partial charge in [-0.05, 0) is 37.3 Å². The molecule has 0 aliphatic carbocycles. The van der Waals surface area contributed by atoms with E-state index in [0.717, 1.165) is 17.1 Å². The first-order valence-electron chi connectivity index (χ1n) is 9.18. The predicted molar refractivity (Wildman–Crippen MR) is 113 cm³/mol. The summed E-state index contributed by atoms with van der Waals surface area (Å²) in [5.74, 6) is -0.970. The van der Waals surface area contributed by atoms with Crippen molar-refractivity contribution < 1.29 is 13.2 Å². The Morgan fingerprint density at radius 1 is 1.21 bits per heavy atom. The molecule has 0 fully saturated rings. The number of sulfone groups is 1. The van der Waals surface area contributed by atoms with Gasteiger partial charge in [0, 0.05) is 17.0 Å². The molecule has 2 unspecified atom stereocenters. The second-order valence-corrected chi connectivity index (χ2v) is 9.71. The van der Waals surface area contributed by atoms with Crippen LogP contribution in [0.2, 0.25) is 0 Å². The highest BCUT2D eigenvalue weighted by molar-refractivity contribution is 8.00. The number of para-hydroxylation sites is 1. The third-order valence-electron chi connectivity index (χ3n) is 5.03. The highest BCUT2D eigenvalue weighted by Crippen LogP contribution is 2.46. The van der Waals surface area contributed by atoms with Gasteiger partial charge < -0.3 is 4.90 Å². The average molecular weight is 423 g/mol. The first kappa shape index (κ1) is 19.5. The molecule has 2 atom stereocenters. The maximum atomic E-state index is 12.6. The van der Waals surface area contributed by atoms with Crippen LogP contribution in [0.1, 0.15) is 17.3 Å². The van der Waals surface area contributed by atoms with Gasteiger partial charge in [-0.2, -0.15) is 5.26 Å². The Balaban J connectivity index is 1.61. The summed E-state index contributed by atoms with van der Waals surface area (Å²) < 4.78 is 25.3. The molecule has 2 aromatic carbocycles. The minimum atomic E-state index is -3.82. The van der Waals surface area contributed by atoms with Crippen molar-refractivity contribution in [1.29, 1.82) is 5.26 Å². The molecule has 29 heavy (non-hydrogen) atoms. The first-order chi connectivity index (χ1) is 14.0. The third-order valence-corrected chi connectivity index (χ3v) is 8.25. The van der Waals surface area contributed by atoms with Gasteiger partial charge in [0.05, 0.1) is 27.9 Å². The summed E-state index contributed by atoms with van der Waals surface area (Å²) in [5.41, 5.74) is 1.30. The summed E-state index contributed by atoms with van der Waals surface area (Å²) in [4.78, 5) is 15.6. The third kappa shape index (κ3) is 3.18. The first-order valence-corrected chi connectivity index (χ1v) is 11.5. The average Bonchev–Trinajstić information content (AvgIpc) is 3.19. The van der Waals surface area contributed by atoms with Crippen molar-refractivity contribution in [1.82, 2.24) is 0 Å². The number of carbonyl (C=O) groups excluding carboxylic acids is 1. The number of Topliss-reactive ketones (excluding diaryl/α,β-unsaturated/α-hetero) is 1. The van der Waals surface area contributed by atoms with Crippen LogP contribution < -0.4 is 4.90 Å². The molecular weight excluding hydrogens is 404 g/mol. The van der Waals surface area contributed by atoms with Crippen LogP contribution in [0.4, 0.5) is 5.69 Å². The number of anilines is 1. The van der Waals surface area contributed by atoms with Crippen LogP contribution in [0.3, 0.4) is 0 Å². The van der Waals surface area contributed by atoms with Crippen LogP contribution in [0.25, 0.3) is 0 Å². The number of rotatable bonds is 4. The Labute approximate surface area is 174 Å². The maximum Gasteiger partial charge on any atom is 0.211 e. The molecule has 5 nitrogen and oxygen atoms in total. The topological polar surface area (TPSA) is 78.2 Å². The summed E-state index contributed by atoms with van der Waals surface area (Å²) in [6.45, 7) is 2.79. The molecule has 0 spiro atoms. The van der Waals surface area contributed by atoms with Gasteiger partial charge in [-0.1, -0.05) is 48.2 Å². The second-order valence-electron chi connectivity index (χ2n) is 6.66. The van der Waals surface area contributed by atoms with Crippen LogP contribution in [0.5, 0.6) is 0 Å². The van der Waals surface area contributed by atoms with Crippen LogP contribution >= 0.6 is 11.8 Å². The fraction of sp³-hybridized carbons (Fsp3) is 0.182. The molecule has 4 rings (SSSR count). The number of ketones is 1. The summed E-state index contributed by atoms with van der Waals surface area (Å²) in [6.07, 6.45) is 4.50. The quantitative estimate of drug-likeness (QED) is 0.688. The van der Waals surface area contributed by atoms with E-state index in [1.807, 2.05) is 31.2 Å². The monoisotopic (exact) mass is 422 g/mol. The molecule has 0 saturated carbocycles. The highest BCUT2D eigenvalue weighted by atomic mass is 32.2. The van der Waals surface area contributed by atoms with E-state index >= 15 is 0 Å². The zero-order valence-electron chi connectivity index (χ0n) is 15.6. The fourth-order valence-corrected chi connectivity index (χ4v) is 6.60. The van der Waals surface area contributed by atoms with Gasteiger partial charge in [0.15, 0.2) is 0 Å². The van der Waals surface area contributed by atoms with Crippen LogP contribution in [0.15, 0.2) is 81.5 Å². The molecule has 146 valence electrons. The number of fused-ring (bicyclic) bond motifs is 2. The van der Waals surface area contributed by atoms with Gasteiger partial charge in [0.1, 0.15) is 4.91 Å². The van der Waals surface area contributed by atoms with E-state index in [2.05, 4.69) is 11.0 Å². The van der Waals surface area contributed by atoms with Crippen LogP contribution in [-0.4, -0.2) is 26.1 Å². The standard InChI is InChI=1S/C22H18N2O3S2/c1-2-24-17-10-4-5-11-18(17)28-22(24)15(14-23)8-7-13-20-21(25)16-9-3-6-12-19(16)29(20,26)27/h3-13,15,22H,2H2,1H3/b8-7+,20-13-. The van der Waals surface area contributed by atoms with Crippen molar-refractivity contribution in [3.05, 3.63) is 77.2 Å². The SMILES string of the molecule is CCN1c2ccccc2SC1C(C#N)/C=C/C=C1/C(=O)c2ccccc2S1(=O)=O. The Hall–Kier alpha value is -2.82. The summed E-state index contributed by atoms with van der Waals surface area (Å²) in [7, 11) is -3.82.